The molecule has 0 aliphatic carbocycles. The number of nitrogens with one attached hydrogen (secondary N) is 1. The monoisotopic (exact) mass is 355 g/mol. The zero-order valence-electron chi connectivity index (χ0n) is 12.3. The van der Waals surface area contributed by atoms with Gasteiger partial charge in [-0.25, -0.2) is 4.39 Å². The SMILES string of the molecule is COc1ccc(Cl)cc1C[S@](=O)CC(=O)Nc1cccc(F)c1. The van der Waals surface area contributed by atoms with Crippen LogP contribution in [-0.4, -0.2) is 23.0 Å². The molecule has 0 heterocycles. The summed E-state index contributed by atoms with van der Waals surface area (Å²) in [5, 5.41) is 3.01. The molecule has 0 bridgehead atoms. The molecule has 0 saturated heterocycles. The van der Waals surface area contributed by atoms with Crippen LogP contribution in [0.25, 0.3) is 0 Å². The molecule has 1 N–H and O–H groups in total. The van der Waals surface area contributed by atoms with Gasteiger partial charge in [-0.1, -0.05) is 17.7 Å². The van der Waals surface area contributed by atoms with Gasteiger partial charge < -0.3 is 10.1 Å². The van der Waals surface area contributed by atoms with Crippen LogP contribution in [0.4, 0.5) is 10.1 Å². The summed E-state index contributed by atoms with van der Waals surface area (Å²) in [5.41, 5.74) is 0.990. The smallest absolute Gasteiger partial charge is 0.237 e. The van der Waals surface area contributed by atoms with Crippen molar-refractivity contribution in [3.63, 3.8) is 0 Å². The first kappa shape index (κ1) is 17.4. The van der Waals surface area contributed by atoms with Crippen molar-refractivity contribution in [2.24, 2.45) is 0 Å². The molecular formula is C16H15ClFNO3S. The quantitative estimate of drug-likeness (QED) is 0.864. The summed E-state index contributed by atoms with van der Waals surface area (Å²) in [4.78, 5) is 11.9. The van der Waals surface area contributed by atoms with Crippen molar-refractivity contribution in [2.75, 3.05) is 18.2 Å². The van der Waals surface area contributed by atoms with E-state index in [-0.39, 0.29) is 11.5 Å². The van der Waals surface area contributed by atoms with Crippen LogP contribution in [-0.2, 0) is 21.3 Å². The van der Waals surface area contributed by atoms with Gasteiger partial charge in [-0.05, 0) is 36.4 Å². The number of methoxy groups -OCH3 is 1. The Kier molecular flexibility index (Phi) is 6.12. The molecule has 0 unspecified atom stereocenters. The van der Waals surface area contributed by atoms with Crippen molar-refractivity contribution in [1.29, 1.82) is 0 Å². The number of rotatable bonds is 6. The second-order valence-electron chi connectivity index (χ2n) is 4.74. The van der Waals surface area contributed by atoms with Gasteiger partial charge in [0.25, 0.3) is 0 Å². The Morgan fingerprint density at radius 1 is 1.30 bits per heavy atom. The largest absolute Gasteiger partial charge is 0.496 e. The molecular weight excluding hydrogens is 341 g/mol. The summed E-state index contributed by atoms with van der Waals surface area (Å²) in [6, 6.07) is 10.5. The maximum absolute atomic E-state index is 13.1. The number of hydrogen-bond acceptors (Lipinski definition) is 3. The number of benzene rings is 2. The van der Waals surface area contributed by atoms with Crippen LogP contribution < -0.4 is 10.1 Å². The lowest BCUT2D eigenvalue weighted by Gasteiger charge is -2.09. The van der Waals surface area contributed by atoms with Crippen LogP contribution in [0.1, 0.15) is 5.56 Å². The molecule has 23 heavy (non-hydrogen) atoms. The molecule has 2 aromatic rings. The second kappa shape index (κ2) is 8.08. The Morgan fingerprint density at radius 2 is 2.09 bits per heavy atom. The second-order valence-corrected chi connectivity index (χ2v) is 6.64. The molecule has 7 heteroatoms. The molecule has 122 valence electrons. The summed E-state index contributed by atoms with van der Waals surface area (Å²) < 4.78 is 30.4. The molecule has 2 rings (SSSR count). The van der Waals surface area contributed by atoms with Gasteiger partial charge >= 0.3 is 0 Å². The molecule has 0 spiro atoms. The maximum Gasteiger partial charge on any atom is 0.237 e. The van der Waals surface area contributed by atoms with Gasteiger partial charge in [-0.3, -0.25) is 9.00 Å². The van der Waals surface area contributed by atoms with E-state index in [0.29, 0.717) is 22.0 Å². The number of carbonyl (C=O) groups is 1. The first-order chi connectivity index (χ1) is 11.0. The molecule has 0 aliphatic heterocycles. The summed E-state index contributed by atoms with van der Waals surface area (Å²) in [6.45, 7) is 0. The van der Waals surface area contributed by atoms with Crippen molar-refractivity contribution in [1.82, 2.24) is 0 Å². The van der Waals surface area contributed by atoms with E-state index in [9.17, 15) is 13.4 Å². The fourth-order valence-electron chi connectivity index (χ4n) is 1.99. The molecule has 0 saturated carbocycles. The van der Waals surface area contributed by atoms with Gasteiger partial charge in [0, 0.05) is 27.1 Å². The highest BCUT2D eigenvalue weighted by atomic mass is 35.5. The fraction of sp³-hybridized carbons (Fsp3) is 0.188. The number of halogens is 2. The Balaban J connectivity index is 1.97. The third-order valence-corrected chi connectivity index (χ3v) is 4.41. The van der Waals surface area contributed by atoms with Gasteiger partial charge in [-0.2, -0.15) is 0 Å². The highest BCUT2D eigenvalue weighted by molar-refractivity contribution is 7.85. The number of hydrogen-bond donors (Lipinski definition) is 1. The number of ether oxygens (including phenoxy) is 1. The zero-order valence-corrected chi connectivity index (χ0v) is 13.9. The van der Waals surface area contributed by atoms with Crippen LogP contribution in [0, 0.1) is 5.82 Å². The van der Waals surface area contributed by atoms with Crippen molar-refractivity contribution in [2.45, 2.75) is 5.75 Å². The van der Waals surface area contributed by atoms with E-state index in [0.717, 1.165) is 0 Å². The number of amides is 1. The molecule has 2 aromatic carbocycles. The first-order valence-electron chi connectivity index (χ1n) is 6.70. The van der Waals surface area contributed by atoms with Crippen molar-refractivity contribution < 1.29 is 18.1 Å². The third kappa shape index (κ3) is 5.33. The van der Waals surface area contributed by atoms with E-state index < -0.39 is 22.5 Å². The van der Waals surface area contributed by atoms with Crippen molar-refractivity contribution in [3.8, 4) is 5.75 Å². The molecule has 1 atom stereocenters. The molecule has 0 aliphatic rings. The topological polar surface area (TPSA) is 55.4 Å². The summed E-state index contributed by atoms with van der Waals surface area (Å²) >= 11 is 5.92. The van der Waals surface area contributed by atoms with E-state index in [4.69, 9.17) is 16.3 Å². The van der Waals surface area contributed by atoms with Gasteiger partial charge in [0.1, 0.15) is 17.3 Å². The minimum Gasteiger partial charge on any atom is -0.496 e. The van der Waals surface area contributed by atoms with E-state index in [2.05, 4.69) is 5.32 Å². The number of carbonyl (C=O) groups excluding carboxylic acids is 1. The molecule has 0 radical (unpaired) electrons. The molecule has 4 nitrogen and oxygen atoms in total. The van der Waals surface area contributed by atoms with E-state index in [1.165, 1.54) is 25.3 Å². The maximum atomic E-state index is 13.1. The van der Waals surface area contributed by atoms with Crippen LogP contribution in [0.5, 0.6) is 5.75 Å². The lowest BCUT2D eigenvalue weighted by Crippen LogP contribution is -2.20. The normalized spacial score (nSPS) is 11.8. The Hall–Kier alpha value is -1.92. The Labute approximate surface area is 141 Å². The van der Waals surface area contributed by atoms with E-state index in [1.807, 2.05) is 0 Å². The lowest BCUT2D eigenvalue weighted by atomic mass is 10.2. The van der Waals surface area contributed by atoms with Gasteiger partial charge in [0.05, 0.1) is 12.9 Å². The molecule has 0 aromatic heterocycles. The van der Waals surface area contributed by atoms with Crippen LogP contribution >= 0.6 is 11.6 Å². The number of anilines is 1. The molecule has 0 fully saturated rings. The Bertz CT molecular complexity index is 739. The zero-order chi connectivity index (χ0) is 16.8. The average Bonchev–Trinajstić information content (AvgIpc) is 2.47. The van der Waals surface area contributed by atoms with Gasteiger partial charge in [0.15, 0.2) is 0 Å². The highest BCUT2D eigenvalue weighted by Crippen LogP contribution is 2.24. The van der Waals surface area contributed by atoms with Crippen LogP contribution in [0.3, 0.4) is 0 Å². The fourth-order valence-corrected chi connectivity index (χ4v) is 3.23. The predicted molar refractivity (Wildman–Crippen MR) is 89.7 cm³/mol. The minimum atomic E-state index is -1.44. The molecule has 1 amide bonds. The average molecular weight is 356 g/mol. The summed E-state index contributed by atoms with van der Waals surface area (Å²) in [5.74, 6) is -0.400. The third-order valence-electron chi connectivity index (χ3n) is 2.96. The highest BCUT2D eigenvalue weighted by Gasteiger charge is 2.12. The predicted octanol–water partition coefficient (Wildman–Crippen LogP) is 3.38. The lowest BCUT2D eigenvalue weighted by molar-refractivity contribution is -0.113. The Morgan fingerprint density at radius 3 is 2.78 bits per heavy atom. The first-order valence-corrected chi connectivity index (χ1v) is 8.57. The van der Waals surface area contributed by atoms with Gasteiger partial charge in [0.2, 0.25) is 5.91 Å². The minimum absolute atomic E-state index is 0.139. The van der Waals surface area contributed by atoms with Crippen LogP contribution in [0.15, 0.2) is 42.5 Å². The summed E-state index contributed by atoms with van der Waals surface area (Å²) in [6.07, 6.45) is 0. The summed E-state index contributed by atoms with van der Waals surface area (Å²) in [7, 11) is 0.0616. The van der Waals surface area contributed by atoms with E-state index in [1.54, 1.807) is 24.3 Å². The van der Waals surface area contributed by atoms with Crippen molar-refractivity contribution >= 4 is 34.0 Å². The van der Waals surface area contributed by atoms with Gasteiger partial charge in [-0.15, -0.1) is 0 Å². The standard InChI is InChI=1S/C16H15ClFNO3S/c1-22-15-6-5-12(17)7-11(15)9-23(21)10-16(20)19-14-4-2-3-13(18)8-14/h2-8H,9-10H2,1H3,(H,19,20)/t23-/m0/s1. The van der Waals surface area contributed by atoms with E-state index >= 15 is 0 Å². The van der Waals surface area contributed by atoms with Crippen LogP contribution in [0.2, 0.25) is 5.02 Å². The van der Waals surface area contributed by atoms with Crippen molar-refractivity contribution in [3.05, 3.63) is 58.9 Å².